The largest absolute Gasteiger partial charge is 0.340 e. The first-order valence-electron chi connectivity index (χ1n) is 8.27. The molecule has 2 atom stereocenters. The summed E-state index contributed by atoms with van der Waals surface area (Å²) in [5.41, 5.74) is 3.51. The molecule has 0 radical (unpaired) electrons. The molecule has 0 amide bonds. The van der Waals surface area contributed by atoms with Gasteiger partial charge in [-0.3, -0.25) is 4.79 Å². The number of hydrogen-bond acceptors (Lipinski definition) is 2. The zero-order valence-corrected chi connectivity index (χ0v) is 13.8. The molecule has 2 aromatic rings. The van der Waals surface area contributed by atoms with Crippen LogP contribution in [0.3, 0.4) is 0 Å². The second kappa shape index (κ2) is 6.82. The Hall–Kier alpha value is -2.35. The normalized spacial score (nSPS) is 21.0. The van der Waals surface area contributed by atoms with E-state index in [4.69, 9.17) is 0 Å². The summed E-state index contributed by atoms with van der Waals surface area (Å²) in [5, 5.41) is 0. The van der Waals surface area contributed by atoms with Crippen LogP contribution in [0.1, 0.15) is 25.8 Å². The van der Waals surface area contributed by atoms with Crippen molar-refractivity contribution in [2.24, 2.45) is 11.8 Å². The minimum Gasteiger partial charge on any atom is -0.340 e. The summed E-state index contributed by atoms with van der Waals surface area (Å²) < 4.78 is 0. The average molecular weight is 305 g/mol. The van der Waals surface area contributed by atoms with Crippen LogP contribution in [0.5, 0.6) is 0 Å². The Bertz CT molecular complexity index is 690. The monoisotopic (exact) mass is 305 g/mol. The summed E-state index contributed by atoms with van der Waals surface area (Å²) in [6.07, 6.45) is 2.78. The maximum Gasteiger partial charge on any atom is 0.160 e. The highest BCUT2D eigenvalue weighted by atomic mass is 16.1. The third-order valence-corrected chi connectivity index (χ3v) is 4.55. The van der Waals surface area contributed by atoms with Crippen molar-refractivity contribution in [2.75, 3.05) is 4.90 Å². The maximum absolute atomic E-state index is 12.2. The summed E-state index contributed by atoms with van der Waals surface area (Å²) in [7, 11) is 0. The van der Waals surface area contributed by atoms with E-state index >= 15 is 0 Å². The quantitative estimate of drug-likeness (QED) is 0.807. The van der Waals surface area contributed by atoms with Crippen LogP contribution in [-0.2, 0) is 11.3 Å². The number of benzene rings is 2. The van der Waals surface area contributed by atoms with Gasteiger partial charge in [0, 0.05) is 29.9 Å². The molecule has 2 heteroatoms. The number of carbonyl (C=O) groups excluding carboxylic acids is 1. The number of nitrogens with zero attached hydrogens (tertiary/aromatic N) is 1. The van der Waals surface area contributed by atoms with E-state index in [-0.39, 0.29) is 11.7 Å². The number of para-hydroxylation sites is 1. The summed E-state index contributed by atoms with van der Waals surface area (Å²) in [6.45, 7) is 5.02. The van der Waals surface area contributed by atoms with Crippen LogP contribution in [0.4, 0.5) is 5.69 Å². The molecule has 1 aliphatic rings. The Balaban J connectivity index is 1.98. The van der Waals surface area contributed by atoms with Crippen LogP contribution in [0, 0.1) is 11.8 Å². The highest BCUT2D eigenvalue weighted by Gasteiger charge is 2.28. The third kappa shape index (κ3) is 3.53. The standard InChI is InChI=1S/C21H23NO/c1-16-13-17(2)21(23)14-20(16)22(19-11-7-4-8-12-19)15-18-9-5-3-6-10-18/h3-12,14,16-17H,13,15H2,1-2H3. The van der Waals surface area contributed by atoms with Crippen molar-refractivity contribution >= 4 is 11.5 Å². The predicted molar refractivity (Wildman–Crippen MR) is 95.1 cm³/mol. The maximum atomic E-state index is 12.2. The predicted octanol–water partition coefficient (Wildman–Crippen LogP) is 4.82. The van der Waals surface area contributed by atoms with Gasteiger partial charge in [-0.1, -0.05) is 62.4 Å². The van der Waals surface area contributed by atoms with Crippen molar-refractivity contribution in [3.63, 3.8) is 0 Å². The fourth-order valence-electron chi connectivity index (χ4n) is 3.25. The second-order valence-electron chi connectivity index (χ2n) is 6.42. The SMILES string of the molecule is CC1CC(C)C(N(Cc2ccccc2)c2ccccc2)=CC1=O. The molecule has 0 bridgehead atoms. The van der Waals surface area contributed by atoms with E-state index in [9.17, 15) is 4.79 Å². The molecule has 0 heterocycles. The molecule has 0 N–H and O–H groups in total. The van der Waals surface area contributed by atoms with Gasteiger partial charge < -0.3 is 4.90 Å². The molecule has 118 valence electrons. The van der Waals surface area contributed by atoms with Crippen LogP contribution >= 0.6 is 0 Å². The lowest BCUT2D eigenvalue weighted by Crippen LogP contribution is -2.31. The van der Waals surface area contributed by atoms with Gasteiger partial charge in [0.05, 0.1) is 0 Å². The van der Waals surface area contributed by atoms with E-state index in [1.54, 1.807) is 0 Å². The van der Waals surface area contributed by atoms with Crippen LogP contribution in [0.25, 0.3) is 0 Å². The fraction of sp³-hybridized carbons (Fsp3) is 0.286. The second-order valence-corrected chi connectivity index (χ2v) is 6.42. The van der Waals surface area contributed by atoms with Gasteiger partial charge >= 0.3 is 0 Å². The van der Waals surface area contributed by atoms with Crippen molar-refractivity contribution in [3.05, 3.63) is 78.0 Å². The molecule has 0 fully saturated rings. The molecule has 0 aromatic heterocycles. The van der Waals surface area contributed by atoms with Crippen molar-refractivity contribution in [1.82, 2.24) is 0 Å². The van der Waals surface area contributed by atoms with Crippen LogP contribution < -0.4 is 4.90 Å². The summed E-state index contributed by atoms with van der Waals surface area (Å²) in [5.74, 6) is 0.752. The van der Waals surface area contributed by atoms with E-state index in [1.165, 1.54) is 5.56 Å². The van der Waals surface area contributed by atoms with Crippen molar-refractivity contribution in [2.45, 2.75) is 26.8 Å². The zero-order valence-electron chi connectivity index (χ0n) is 13.8. The van der Waals surface area contributed by atoms with E-state index < -0.39 is 0 Å². The third-order valence-electron chi connectivity index (χ3n) is 4.55. The topological polar surface area (TPSA) is 20.3 Å². The highest BCUT2D eigenvalue weighted by molar-refractivity contribution is 5.93. The van der Waals surface area contributed by atoms with Gasteiger partial charge in [0.25, 0.3) is 0 Å². The zero-order chi connectivity index (χ0) is 16.2. The molecule has 2 aromatic carbocycles. The summed E-state index contributed by atoms with van der Waals surface area (Å²) in [6, 6.07) is 20.8. The highest BCUT2D eigenvalue weighted by Crippen LogP contribution is 2.33. The molecule has 3 rings (SSSR count). The van der Waals surface area contributed by atoms with Crippen LogP contribution in [0.15, 0.2) is 72.4 Å². The number of hydrogen-bond donors (Lipinski definition) is 0. The van der Waals surface area contributed by atoms with Gasteiger partial charge in [0.15, 0.2) is 5.78 Å². The van der Waals surface area contributed by atoms with Gasteiger partial charge in [-0.15, -0.1) is 0 Å². The van der Waals surface area contributed by atoms with Crippen LogP contribution in [-0.4, -0.2) is 5.78 Å². The Labute approximate surface area is 138 Å². The molecular weight excluding hydrogens is 282 g/mol. The number of allylic oxidation sites excluding steroid dienone is 2. The lowest BCUT2D eigenvalue weighted by molar-refractivity contribution is -0.118. The lowest BCUT2D eigenvalue weighted by Gasteiger charge is -2.34. The number of ketones is 1. The van der Waals surface area contributed by atoms with Gasteiger partial charge in [-0.25, -0.2) is 0 Å². The van der Waals surface area contributed by atoms with E-state index in [0.717, 1.165) is 24.4 Å². The summed E-state index contributed by atoms with van der Waals surface area (Å²) >= 11 is 0. The molecule has 2 nitrogen and oxygen atoms in total. The molecule has 0 saturated carbocycles. The first-order chi connectivity index (χ1) is 11.1. The van der Waals surface area contributed by atoms with Gasteiger partial charge in [0.1, 0.15) is 0 Å². The van der Waals surface area contributed by atoms with Gasteiger partial charge in [0.2, 0.25) is 0 Å². The van der Waals surface area contributed by atoms with Gasteiger partial charge in [-0.2, -0.15) is 0 Å². The number of rotatable bonds is 4. The number of anilines is 1. The van der Waals surface area contributed by atoms with E-state index in [1.807, 2.05) is 37.3 Å². The Morgan fingerprint density at radius 1 is 0.913 bits per heavy atom. The molecule has 0 saturated heterocycles. The fourth-order valence-corrected chi connectivity index (χ4v) is 3.25. The molecule has 0 spiro atoms. The van der Waals surface area contributed by atoms with E-state index in [2.05, 4.69) is 48.2 Å². The lowest BCUT2D eigenvalue weighted by atomic mass is 9.84. The van der Waals surface area contributed by atoms with Crippen molar-refractivity contribution in [1.29, 1.82) is 0 Å². The first-order valence-corrected chi connectivity index (χ1v) is 8.27. The molecule has 2 unspecified atom stereocenters. The number of carbonyl (C=O) groups is 1. The van der Waals surface area contributed by atoms with Gasteiger partial charge in [-0.05, 0) is 30.0 Å². The molecule has 23 heavy (non-hydrogen) atoms. The van der Waals surface area contributed by atoms with Crippen molar-refractivity contribution in [3.8, 4) is 0 Å². The smallest absolute Gasteiger partial charge is 0.160 e. The summed E-state index contributed by atoms with van der Waals surface area (Å²) in [4.78, 5) is 14.5. The molecule has 1 aliphatic carbocycles. The first kappa shape index (κ1) is 15.5. The van der Waals surface area contributed by atoms with E-state index in [0.29, 0.717) is 5.92 Å². The minimum atomic E-state index is 0.128. The Kier molecular flexibility index (Phi) is 4.61. The minimum absolute atomic E-state index is 0.128. The van der Waals surface area contributed by atoms with Crippen molar-refractivity contribution < 1.29 is 4.79 Å². The van der Waals surface area contributed by atoms with Crippen LogP contribution in [0.2, 0.25) is 0 Å². The molecular formula is C21H23NO. The Morgan fingerprint density at radius 3 is 2.17 bits per heavy atom. The Morgan fingerprint density at radius 2 is 1.52 bits per heavy atom. The molecule has 0 aliphatic heterocycles. The average Bonchev–Trinajstić information content (AvgIpc) is 2.58.